The van der Waals surface area contributed by atoms with E-state index in [2.05, 4.69) is 0 Å². The predicted octanol–water partition coefficient (Wildman–Crippen LogP) is 0.552. The molecule has 0 saturated carbocycles. The van der Waals surface area contributed by atoms with Crippen molar-refractivity contribution < 1.29 is 62.6 Å². The van der Waals surface area contributed by atoms with E-state index in [1.807, 2.05) is 0 Å². The predicted molar refractivity (Wildman–Crippen MR) is 108 cm³/mol. The summed E-state index contributed by atoms with van der Waals surface area (Å²) in [6.45, 7) is 3.89. The van der Waals surface area contributed by atoms with Crippen LogP contribution in [0.15, 0.2) is 18.2 Å². The number of ether oxygens (including phenoxy) is 6. The largest absolute Gasteiger partial charge is 0.504 e. The van der Waals surface area contributed by atoms with Crippen molar-refractivity contribution in [2.75, 3.05) is 6.61 Å². The van der Waals surface area contributed by atoms with Gasteiger partial charge in [0.15, 0.2) is 23.7 Å². The molecule has 1 saturated heterocycles. The number of phenols is 1. The first kappa shape index (κ1) is 26.4. The number of rotatable bonds is 8. The molecule has 186 valence electrons. The monoisotopic (exact) mass is 484 g/mol. The van der Waals surface area contributed by atoms with Gasteiger partial charge in [0.25, 0.3) is 0 Å². The third-order valence-corrected chi connectivity index (χ3v) is 4.40. The molecule has 1 aromatic carbocycles. The van der Waals surface area contributed by atoms with E-state index in [0.29, 0.717) is 0 Å². The normalized spacial score (nSPS) is 23.8. The zero-order valence-corrected chi connectivity index (χ0v) is 18.7. The minimum absolute atomic E-state index is 0.230. The van der Waals surface area contributed by atoms with Gasteiger partial charge in [-0.25, -0.2) is 4.79 Å². The zero-order chi connectivity index (χ0) is 25.6. The van der Waals surface area contributed by atoms with Gasteiger partial charge in [0.1, 0.15) is 12.7 Å². The molecule has 0 amide bonds. The number of carboxylic acid groups (broad SMARTS) is 1. The van der Waals surface area contributed by atoms with Crippen LogP contribution in [0, 0.1) is 0 Å². The quantitative estimate of drug-likeness (QED) is 0.386. The molecule has 1 aliphatic heterocycles. The fourth-order valence-electron chi connectivity index (χ4n) is 3.16. The Hall–Kier alpha value is -3.87. The maximum absolute atomic E-state index is 11.8. The zero-order valence-electron chi connectivity index (χ0n) is 18.7. The second kappa shape index (κ2) is 11.3. The number of phenolic OH excluding ortho intramolecular Hbond substituents is 1. The second-order valence-corrected chi connectivity index (χ2v) is 7.17. The third kappa shape index (κ3) is 7.07. The number of hydrogen-bond donors (Lipinski definition) is 2. The van der Waals surface area contributed by atoms with Gasteiger partial charge in [-0.15, -0.1) is 0 Å². The van der Waals surface area contributed by atoms with Crippen molar-refractivity contribution in [2.45, 2.75) is 58.4 Å². The molecule has 1 unspecified atom stereocenters. The molecule has 0 spiro atoms. The van der Waals surface area contributed by atoms with E-state index in [1.165, 1.54) is 0 Å². The summed E-state index contributed by atoms with van der Waals surface area (Å²) >= 11 is 0. The Kier molecular flexibility index (Phi) is 8.78. The number of carbonyl (C=O) groups excluding carboxylic acids is 4. The average Bonchev–Trinajstić information content (AvgIpc) is 2.71. The highest BCUT2D eigenvalue weighted by Gasteiger charge is 2.53. The van der Waals surface area contributed by atoms with Gasteiger partial charge in [-0.1, -0.05) is 0 Å². The molecule has 0 aromatic heterocycles. The maximum atomic E-state index is 11.8. The minimum atomic E-state index is -1.57. The smallest absolute Gasteiger partial charge is 0.335 e. The first-order valence-electron chi connectivity index (χ1n) is 9.92. The lowest BCUT2D eigenvalue weighted by molar-refractivity contribution is -0.288. The van der Waals surface area contributed by atoms with Crippen molar-refractivity contribution in [1.82, 2.24) is 0 Å². The van der Waals surface area contributed by atoms with Crippen molar-refractivity contribution in [1.29, 1.82) is 0 Å². The molecule has 0 radical (unpaired) electrons. The molecule has 34 heavy (non-hydrogen) atoms. The molecule has 0 aliphatic carbocycles. The summed E-state index contributed by atoms with van der Waals surface area (Å²) in [5.74, 6) is -5.26. The number of aromatic hydroxyl groups is 1. The van der Waals surface area contributed by atoms with Gasteiger partial charge in [-0.05, 0) is 18.2 Å². The van der Waals surface area contributed by atoms with E-state index in [1.54, 1.807) is 0 Å². The van der Waals surface area contributed by atoms with Crippen LogP contribution in [0.5, 0.6) is 11.5 Å². The molecule has 1 aromatic rings. The highest BCUT2D eigenvalue weighted by atomic mass is 16.7. The fourth-order valence-corrected chi connectivity index (χ4v) is 3.16. The molecule has 1 aliphatic rings. The van der Waals surface area contributed by atoms with Crippen LogP contribution in [0.4, 0.5) is 0 Å². The van der Waals surface area contributed by atoms with Gasteiger partial charge in [-0.2, -0.15) is 0 Å². The van der Waals surface area contributed by atoms with Crippen LogP contribution in [-0.4, -0.2) is 77.4 Å². The van der Waals surface area contributed by atoms with Gasteiger partial charge in [0, 0.05) is 27.7 Å². The molecule has 13 heteroatoms. The lowest BCUT2D eigenvalue weighted by atomic mass is 9.98. The van der Waals surface area contributed by atoms with Gasteiger partial charge in [0.05, 0.1) is 5.56 Å². The minimum Gasteiger partial charge on any atom is -0.504 e. The van der Waals surface area contributed by atoms with Gasteiger partial charge in [0.2, 0.25) is 12.4 Å². The molecule has 13 nitrogen and oxygen atoms in total. The lowest BCUT2D eigenvalue weighted by Gasteiger charge is -2.43. The SMILES string of the molecule is CC(=O)OC[C@@H]1OC(Oc2ccc(C(=O)O)cc2O)[C@@H](OC(C)=O)[C@H](OC(C)=O)[C@@H]1OC(C)=O. The number of aromatic carboxylic acids is 1. The van der Waals surface area contributed by atoms with E-state index >= 15 is 0 Å². The molecular formula is C21H24O13. The standard InChI is InChI=1S/C21H24O13/c1-9(22)29-8-16-17(30-10(2)23)18(31-11(3)24)19(32-12(4)25)21(34-16)33-15-6-5-13(20(27)28)7-14(15)26/h5-7,16-19,21,26H,8H2,1-4H3,(H,27,28)/t16-,17+,18+,19-,21?/m0/s1. The molecule has 2 rings (SSSR count). The Balaban J connectivity index is 2.49. The van der Waals surface area contributed by atoms with Gasteiger partial charge in [-0.3, -0.25) is 19.2 Å². The van der Waals surface area contributed by atoms with Crippen molar-refractivity contribution in [3.05, 3.63) is 23.8 Å². The highest BCUT2D eigenvalue weighted by molar-refractivity contribution is 5.88. The van der Waals surface area contributed by atoms with E-state index in [4.69, 9.17) is 33.5 Å². The van der Waals surface area contributed by atoms with Crippen LogP contribution >= 0.6 is 0 Å². The van der Waals surface area contributed by atoms with Gasteiger partial charge >= 0.3 is 29.8 Å². The molecule has 0 bridgehead atoms. The summed E-state index contributed by atoms with van der Waals surface area (Å²) in [7, 11) is 0. The number of hydrogen-bond acceptors (Lipinski definition) is 12. The topological polar surface area (TPSA) is 181 Å². The average molecular weight is 484 g/mol. The van der Waals surface area contributed by atoms with Crippen molar-refractivity contribution in [2.24, 2.45) is 0 Å². The van der Waals surface area contributed by atoms with E-state index in [9.17, 15) is 29.1 Å². The highest BCUT2D eigenvalue weighted by Crippen LogP contribution is 2.34. The Morgan fingerprint density at radius 3 is 1.91 bits per heavy atom. The summed E-state index contributed by atoms with van der Waals surface area (Å²) < 4.78 is 32.1. The van der Waals surface area contributed by atoms with E-state index in [0.717, 1.165) is 45.9 Å². The number of carbonyl (C=O) groups is 5. The molecule has 2 N–H and O–H groups in total. The fraction of sp³-hybridized carbons (Fsp3) is 0.476. The van der Waals surface area contributed by atoms with Crippen LogP contribution in [0.2, 0.25) is 0 Å². The number of benzene rings is 1. The van der Waals surface area contributed by atoms with Gasteiger partial charge < -0.3 is 38.6 Å². The summed E-state index contributed by atoms with van der Waals surface area (Å²) in [6.07, 6.45) is -7.13. The summed E-state index contributed by atoms with van der Waals surface area (Å²) in [5.41, 5.74) is -0.230. The Morgan fingerprint density at radius 2 is 1.41 bits per heavy atom. The lowest BCUT2D eigenvalue weighted by Crippen LogP contribution is -2.63. The second-order valence-electron chi connectivity index (χ2n) is 7.17. The summed E-state index contributed by atoms with van der Waals surface area (Å²) in [4.78, 5) is 57.7. The van der Waals surface area contributed by atoms with Crippen LogP contribution in [-0.2, 0) is 42.9 Å². The van der Waals surface area contributed by atoms with Crippen LogP contribution in [0.1, 0.15) is 38.1 Å². The van der Waals surface area contributed by atoms with Crippen molar-refractivity contribution in [3.63, 3.8) is 0 Å². The number of esters is 4. The molecule has 5 atom stereocenters. The Morgan fingerprint density at radius 1 is 0.853 bits per heavy atom. The molecular weight excluding hydrogens is 460 g/mol. The maximum Gasteiger partial charge on any atom is 0.335 e. The van der Waals surface area contributed by atoms with E-state index < -0.39 is 72.9 Å². The first-order valence-corrected chi connectivity index (χ1v) is 9.92. The van der Waals surface area contributed by atoms with E-state index in [-0.39, 0.29) is 11.3 Å². The van der Waals surface area contributed by atoms with Crippen molar-refractivity contribution >= 4 is 29.8 Å². The van der Waals surface area contributed by atoms with Crippen LogP contribution in [0.3, 0.4) is 0 Å². The molecule has 1 heterocycles. The van der Waals surface area contributed by atoms with Crippen molar-refractivity contribution in [3.8, 4) is 11.5 Å². The number of carboxylic acids is 1. The Bertz CT molecular complexity index is 956. The molecule has 1 fully saturated rings. The third-order valence-electron chi connectivity index (χ3n) is 4.40. The first-order chi connectivity index (χ1) is 15.9. The summed E-state index contributed by atoms with van der Waals surface area (Å²) in [6, 6.07) is 3.19. The Labute approximate surface area is 193 Å². The van der Waals surface area contributed by atoms with Crippen LogP contribution < -0.4 is 4.74 Å². The van der Waals surface area contributed by atoms with Crippen LogP contribution in [0.25, 0.3) is 0 Å². The summed E-state index contributed by atoms with van der Waals surface area (Å²) in [5, 5.41) is 19.2.